The predicted molar refractivity (Wildman–Crippen MR) is 46.0 cm³/mol. The van der Waals surface area contributed by atoms with Crippen LogP contribution in [0.1, 0.15) is 19.8 Å². The van der Waals surface area contributed by atoms with Gasteiger partial charge < -0.3 is 15.2 Å². The zero-order valence-corrected chi connectivity index (χ0v) is 7.55. The van der Waals surface area contributed by atoms with Crippen LogP contribution in [0.4, 0.5) is 0 Å². The summed E-state index contributed by atoms with van der Waals surface area (Å²) in [6.07, 6.45) is 2.12. The summed E-state index contributed by atoms with van der Waals surface area (Å²) < 4.78 is 5.43. The molecule has 2 N–H and O–H groups in total. The van der Waals surface area contributed by atoms with E-state index in [1.54, 1.807) is 0 Å². The molecule has 3 atom stereocenters. The average Bonchev–Trinajstić information content (AvgIpc) is 2.61. The quantitative estimate of drug-likeness (QED) is 0.589. The van der Waals surface area contributed by atoms with Gasteiger partial charge in [-0.25, -0.2) is 0 Å². The fourth-order valence-electron chi connectivity index (χ4n) is 2.50. The molecule has 0 saturated carbocycles. The number of hydrogen-bond donors (Lipinski definition) is 2. The molecule has 3 heteroatoms. The van der Waals surface area contributed by atoms with Crippen molar-refractivity contribution in [3.8, 4) is 0 Å². The number of hydrogen-bond acceptors (Lipinski definition) is 3. The minimum absolute atomic E-state index is 0.105. The zero-order chi connectivity index (χ0) is 8.60. The van der Waals surface area contributed by atoms with Crippen molar-refractivity contribution in [3.05, 3.63) is 0 Å². The van der Waals surface area contributed by atoms with Gasteiger partial charge in [0.15, 0.2) is 0 Å². The van der Waals surface area contributed by atoms with Crippen LogP contribution in [0, 0.1) is 5.92 Å². The lowest BCUT2D eigenvalue weighted by Crippen LogP contribution is -2.50. The first-order valence-electron chi connectivity index (χ1n) is 4.75. The van der Waals surface area contributed by atoms with E-state index < -0.39 is 0 Å². The topological polar surface area (TPSA) is 41.5 Å². The summed E-state index contributed by atoms with van der Waals surface area (Å²) in [4.78, 5) is 0. The first-order valence-corrected chi connectivity index (χ1v) is 4.75. The van der Waals surface area contributed by atoms with Gasteiger partial charge in [0.25, 0.3) is 0 Å². The van der Waals surface area contributed by atoms with E-state index >= 15 is 0 Å². The highest BCUT2D eigenvalue weighted by atomic mass is 16.5. The fourth-order valence-corrected chi connectivity index (χ4v) is 2.50. The number of rotatable bonds is 1. The van der Waals surface area contributed by atoms with Crippen molar-refractivity contribution in [1.82, 2.24) is 5.32 Å². The normalized spacial score (nSPS) is 44.0. The Morgan fingerprint density at radius 3 is 3.08 bits per heavy atom. The summed E-state index contributed by atoms with van der Waals surface area (Å²) >= 11 is 0. The van der Waals surface area contributed by atoms with E-state index in [-0.39, 0.29) is 11.6 Å². The highest BCUT2D eigenvalue weighted by Crippen LogP contribution is 2.35. The molecule has 1 spiro atoms. The summed E-state index contributed by atoms with van der Waals surface area (Å²) in [7, 11) is 0. The Morgan fingerprint density at radius 2 is 2.50 bits per heavy atom. The van der Waals surface area contributed by atoms with Gasteiger partial charge in [0.2, 0.25) is 0 Å². The number of ether oxygens (including phenoxy) is 1. The number of aliphatic hydroxyl groups is 1. The van der Waals surface area contributed by atoms with E-state index in [2.05, 4.69) is 5.32 Å². The highest BCUT2D eigenvalue weighted by molar-refractivity contribution is 5.03. The maximum atomic E-state index is 9.56. The zero-order valence-electron chi connectivity index (χ0n) is 7.55. The minimum atomic E-state index is -0.252. The first-order chi connectivity index (χ1) is 5.75. The van der Waals surface area contributed by atoms with Crippen LogP contribution < -0.4 is 5.32 Å². The van der Waals surface area contributed by atoms with Gasteiger partial charge in [-0.05, 0) is 26.3 Å². The van der Waals surface area contributed by atoms with Crippen LogP contribution in [0.15, 0.2) is 0 Å². The lowest BCUT2D eigenvalue weighted by molar-refractivity contribution is 0.0853. The number of aliphatic hydroxyl groups excluding tert-OH is 1. The molecule has 2 aliphatic rings. The molecular formula is C9H17NO2. The Kier molecular flexibility index (Phi) is 2.10. The van der Waals surface area contributed by atoms with Crippen molar-refractivity contribution in [3.63, 3.8) is 0 Å². The highest BCUT2D eigenvalue weighted by Gasteiger charge is 2.47. The fraction of sp³-hybridized carbons (Fsp3) is 1.00. The average molecular weight is 171 g/mol. The number of nitrogens with one attached hydrogen (secondary N) is 1. The molecule has 0 aromatic heterocycles. The van der Waals surface area contributed by atoms with Gasteiger partial charge in [0.1, 0.15) is 0 Å². The maximum absolute atomic E-state index is 9.56. The molecule has 0 aromatic carbocycles. The van der Waals surface area contributed by atoms with Gasteiger partial charge in [-0.3, -0.25) is 0 Å². The van der Waals surface area contributed by atoms with Crippen molar-refractivity contribution in [2.45, 2.75) is 31.4 Å². The van der Waals surface area contributed by atoms with Gasteiger partial charge in [0, 0.05) is 11.5 Å². The smallest absolute Gasteiger partial charge is 0.0653 e. The monoisotopic (exact) mass is 171 g/mol. The van der Waals surface area contributed by atoms with Gasteiger partial charge >= 0.3 is 0 Å². The van der Waals surface area contributed by atoms with Crippen molar-refractivity contribution < 1.29 is 9.84 Å². The van der Waals surface area contributed by atoms with E-state index in [9.17, 15) is 5.11 Å². The van der Waals surface area contributed by atoms with Crippen LogP contribution in [0.2, 0.25) is 0 Å². The third-order valence-electron chi connectivity index (χ3n) is 3.23. The van der Waals surface area contributed by atoms with Gasteiger partial charge in [-0.2, -0.15) is 0 Å². The van der Waals surface area contributed by atoms with E-state index in [4.69, 9.17) is 4.74 Å². The molecule has 0 radical (unpaired) electrons. The van der Waals surface area contributed by atoms with E-state index in [0.717, 1.165) is 19.6 Å². The van der Waals surface area contributed by atoms with E-state index in [0.29, 0.717) is 12.5 Å². The molecule has 0 amide bonds. The Hall–Kier alpha value is -0.120. The molecule has 2 rings (SSSR count). The van der Waals surface area contributed by atoms with Crippen molar-refractivity contribution in [1.29, 1.82) is 0 Å². The molecular weight excluding hydrogens is 154 g/mol. The van der Waals surface area contributed by atoms with Crippen LogP contribution in [-0.4, -0.2) is 36.5 Å². The molecule has 2 heterocycles. The maximum Gasteiger partial charge on any atom is 0.0653 e. The molecule has 70 valence electrons. The molecule has 2 fully saturated rings. The summed E-state index contributed by atoms with van der Waals surface area (Å²) in [5, 5.41) is 13.0. The summed E-state index contributed by atoms with van der Waals surface area (Å²) in [5.41, 5.74) is 0.105. The standard InChI is InChI=1S/C9H17NO2/c1-7(11)8-5-12-6-9(8)3-2-4-10-9/h7-8,10-11H,2-6H2,1H3/t7-,8-,9-/m0/s1. The molecule has 12 heavy (non-hydrogen) atoms. The van der Waals surface area contributed by atoms with Gasteiger partial charge in [-0.1, -0.05) is 0 Å². The second-order valence-electron chi connectivity index (χ2n) is 4.05. The molecule has 2 aliphatic heterocycles. The molecule has 3 nitrogen and oxygen atoms in total. The predicted octanol–water partition coefficient (Wildman–Crippen LogP) is 0.136. The molecule has 2 saturated heterocycles. The second-order valence-corrected chi connectivity index (χ2v) is 4.05. The molecule has 0 bridgehead atoms. The molecule has 0 aliphatic carbocycles. The van der Waals surface area contributed by atoms with Gasteiger partial charge in [0.05, 0.1) is 19.3 Å². The van der Waals surface area contributed by atoms with Gasteiger partial charge in [-0.15, -0.1) is 0 Å². The van der Waals surface area contributed by atoms with Crippen LogP contribution in [0.25, 0.3) is 0 Å². The van der Waals surface area contributed by atoms with Crippen LogP contribution >= 0.6 is 0 Å². The Bertz CT molecular complexity index is 158. The summed E-state index contributed by atoms with van der Waals surface area (Å²) in [6, 6.07) is 0. The van der Waals surface area contributed by atoms with Crippen molar-refractivity contribution in [2.24, 2.45) is 5.92 Å². The Balaban J connectivity index is 2.12. The third kappa shape index (κ3) is 1.16. The summed E-state index contributed by atoms with van der Waals surface area (Å²) in [5.74, 6) is 0.292. The first kappa shape index (κ1) is 8.48. The SMILES string of the molecule is C[C@H](O)[C@@H]1COC[C@@]12CCCN2. The second kappa shape index (κ2) is 2.98. The summed E-state index contributed by atoms with van der Waals surface area (Å²) in [6.45, 7) is 4.43. The third-order valence-corrected chi connectivity index (χ3v) is 3.23. The van der Waals surface area contributed by atoms with Crippen molar-refractivity contribution >= 4 is 0 Å². The molecule has 0 unspecified atom stereocenters. The van der Waals surface area contributed by atoms with Crippen LogP contribution in [0.5, 0.6) is 0 Å². The van der Waals surface area contributed by atoms with Crippen molar-refractivity contribution in [2.75, 3.05) is 19.8 Å². The Morgan fingerprint density at radius 1 is 1.67 bits per heavy atom. The minimum Gasteiger partial charge on any atom is -0.393 e. The lowest BCUT2D eigenvalue weighted by atomic mass is 9.82. The van der Waals surface area contributed by atoms with E-state index in [1.165, 1.54) is 6.42 Å². The van der Waals surface area contributed by atoms with Crippen LogP contribution in [0.3, 0.4) is 0 Å². The van der Waals surface area contributed by atoms with Crippen LogP contribution in [-0.2, 0) is 4.74 Å². The van der Waals surface area contributed by atoms with E-state index in [1.807, 2.05) is 6.92 Å². The Labute approximate surface area is 73.1 Å². The largest absolute Gasteiger partial charge is 0.393 e. The lowest BCUT2D eigenvalue weighted by Gasteiger charge is -2.31. The molecule has 0 aromatic rings.